The van der Waals surface area contributed by atoms with Crippen molar-refractivity contribution in [3.05, 3.63) is 27.2 Å². The third-order valence-electron chi connectivity index (χ3n) is 3.62. The fourth-order valence-corrected chi connectivity index (χ4v) is 3.08. The summed E-state index contributed by atoms with van der Waals surface area (Å²) in [7, 11) is 0. The fraction of sp³-hybridized carbons (Fsp3) is 0.538. The summed E-state index contributed by atoms with van der Waals surface area (Å²) in [5, 5.41) is 10.6. The van der Waals surface area contributed by atoms with Crippen LogP contribution in [0.2, 0.25) is 5.02 Å². The number of phenols is 1. The summed E-state index contributed by atoms with van der Waals surface area (Å²) >= 11 is 9.21. The maximum atomic E-state index is 10.1. The lowest BCUT2D eigenvalue weighted by atomic mass is 9.81. The molecule has 2 rings (SSSR count). The van der Waals surface area contributed by atoms with E-state index in [0.29, 0.717) is 15.4 Å². The molecule has 0 spiro atoms. The molecule has 1 saturated carbocycles. The number of nitrogens with two attached hydrogens (primary N) is 1. The van der Waals surface area contributed by atoms with Gasteiger partial charge in [-0.2, -0.15) is 0 Å². The highest BCUT2D eigenvalue weighted by Crippen LogP contribution is 2.41. The van der Waals surface area contributed by atoms with E-state index in [1.807, 2.05) is 6.07 Å². The van der Waals surface area contributed by atoms with Crippen LogP contribution in [0.25, 0.3) is 0 Å². The molecule has 1 atom stereocenters. The summed E-state index contributed by atoms with van der Waals surface area (Å²) in [6, 6.07) is 3.52. The fourth-order valence-electron chi connectivity index (χ4n) is 2.57. The Bertz CT molecular complexity index is 408. The van der Waals surface area contributed by atoms with Gasteiger partial charge >= 0.3 is 0 Å². The molecule has 2 nitrogen and oxygen atoms in total. The van der Waals surface area contributed by atoms with Crippen molar-refractivity contribution in [3.8, 4) is 5.75 Å². The molecule has 0 bridgehead atoms. The van der Waals surface area contributed by atoms with Crippen LogP contribution in [-0.4, -0.2) is 5.11 Å². The Kier molecular flexibility index (Phi) is 6.25. The molecule has 1 aromatic rings. The van der Waals surface area contributed by atoms with Crippen LogP contribution < -0.4 is 5.73 Å². The summed E-state index contributed by atoms with van der Waals surface area (Å²) in [6.45, 7) is 0. The number of halogens is 3. The monoisotopic (exact) mass is 353 g/mol. The van der Waals surface area contributed by atoms with Gasteiger partial charge in [-0.15, -0.1) is 12.4 Å². The van der Waals surface area contributed by atoms with Crippen LogP contribution in [0.15, 0.2) is 16.6 Å². The second-order valence-corrected chi connectivity index (χ2v) is 5.92. The molecule has 1 aliphatic carbocycles. The van der Waals surface area contributed by atoms with Gasteiger partial charge in [0.15, 0.2) is 0 Å². The summed E-state index contributed by atoms with van der Waals surface area (Å²) in [4.78, 5) is 0. The van der Waals surface area contributed by atoms with Crippen LogP contribution in [0.3, 0.4) is 0 Å². The highest BCUT2D eigenvalue weighted by molar-refractivity contribution is 9.10. The van der Waals surface area contributed by atoms with Crippen molar-refractivity contribution >= 4 is 39.9 Å². The normalized spacial score (nSPS) is 18.2. The van der Waals surface area contributed by atoms with Crippen LogP contribution >= 0.6 is 39.9 Å². The smallest absolute Gasteiger partial charge is 0.136 e. The lowest BCUT2D eigenvalue weighted by Crippen LogP contribution is -2.23. The topological polar surface area (TPSA) is 46.2 Å². The molecule has 0 saturated heterocycles. The van der Waals surface area contributed by atoms with E-state index in [0.717, 1.165) is 18.4 Å². The first kappa shape index (κ1) is 16.1. The summed E-state index contributed by atoms with van der Waals surface area (Å²) < 4.78 is 0.544. The number of rotatable bonds is 2. The van der Waals surface area contributed by atoms with Gasteiger partial charge in [0.2, 0.25) is 0 Å². The van der Waals surface area contributed by atoms with Crippen LogP contribution in [0.1, 0.15) is 43.7 Å². The molecule has 102 valence electrons. The minimum atomic E-state index is -0.0936. The van der Waals surface area contributed by atoms with Crippen LogP contribution in [-0.2, 0) is 0 Å². The van der Waals surface area contributed by atoms with E-state index in [2.05, 4.69) is 15.9 Å². The van der Waals surface area contributed by atoms with E-state index in [9.17, 15) is 5.11 Å². The molecular weight excluding hydrogens is 337 g/mol. The van der Waals surface area contributed by atoms with Gasteiger partial charge in [0.1, 0.15) is 5.75 Å². The Balaban J connectivity index is 0.00000162. The van der Waals surface area contributed by atoms with Gasteiger partial charge < -0.3 is 10.8 Å². The number of aromatic hydroxyl groups is 1. The molecule has 0 amide bonds. The van der Waals surface area contributed by atoms with Gasteiger partial charge in [-0.1, -0.05) is 36.9 Å². The highest BCUT2D eigenvalue weighted by Gasteiger charge is 2.25. The summed E-state index contributed by atoms with van der Waals surface area (Å²) in [6.07, 6.45) is 6.10. The third-order valence-corrected chi connectivity index (χ3v) is 4.96. The average molecular weight is 355 g/mol. The quantitative estimate of drug-likeness (QED) is 0.800. The van der Waals surface area contributed by atoms with Crippen LogP contribution in [0.4, 0.5) is 0 Å². The minimum absolute atomic E-state index is 0. The number of phenolic OH excluding ortho intramolecular Hbond substituents is 1. The molecule has 0 unspecified atom stereocenters. The Morgan fingerprint density at radius 3 is 2.50 bits per heavy atom. The molecular formula is C13H18BrCl2NO. The molecule has 18 heavy (non-hydrogen) atoms. The van der Waals surface area contributed by atoms with E-state index in [1.54, 1.807) is 6.07 Å². The first-order chi connectivity index (χ1) is 8.11. The number of benzene rings is 1. The zero-order valence-corrected chi connectivity index (χ0v) is 13.2. The Hall–Kier alpha value is 0.0400. The van der Waals surface area contributed by atoms with Crippen molar-refractivity contribution in [1.29, 1.82) is 0 Å². The average Bonchev–Trinajstić information content (AvgIpc) is 2.36. The third kappa shape index (κ3) is 3.32. The van der Waals surface area contributed by atoms with Crippen LogP contribution in [0, 0.1) is 5.92 Å². The molecule has 1 aliphatic rings. The minimum Gasteiger partial charge on any atom is -0.506 e. The zero-order valence-electron chi connectivity index (χ0n) is 10.0. The van der Waals surface area contributed by atoms with E-state index < -0.39 is 0 Å². The van der Waals surface area contributed by atoms with Gasteiger partial charge in [-0.3, -0.25) is 0 Å². The van der Waals surface area contributed by atoms with Gasteiger partial charge in [0, 0.05) is 11.6 Å². The van der Waals surface area contributed by atoms with E-state index >= 15 is 0 Å². The predicted octanol–water partition coefficient (Wildman–Crippen LogP) is 4.81. The van der Waals surface area contributed by atoms with E-state index in [1.165, 1.54) is 19.3 Å². The first-order valence-corrected chi connectivity index (χ1v) is 7.21. The van der Waals surface area contributed by atoms with Crippen LogP contribution in [0.5, 0.6) is 5.75 Å². The van der Waals surface area contributed by atoms with Crippen molar-refractivity contribution in [2.75, 3.05) is 0 Å². The Labute approximate surface area is 127 Å². The maximum Gasteiger partial charge on any atom is 0.136 e. The second-order valence-electron chi connectivity index (χ2n) is 4.72. The number of hydrogen-bond donors (Lipinski definition) is 2. The largest absolute Gasteiger partial charge is 0.506 e. The highest BCUT2D eigenvalue weighted by atomic mass is 79.9. The molecule has 0 aromatic heterocycles. The molecule has 1 fully saturated rings. The molecule has 5 heteroatoms. The first-order valence-electron chi connectivity index (χ1n) is 6.03. The summed E-state index contributed by atoms with van der Waals surface area (Å²) in [5.41, 5.74) is 7.06. The Morgan fingerprint density at radius 1 is 1.28 bits per heavy atom. The van der Waals surface area contributed by atoms with Crippen molar-refractivity contribution < 1.29 is 5.11 Å². The van der Waals surface area contributed by atoms with E-state index in [4.69, 9.17) is 17.3 Å². The van der Waals surface area contributed by atoms with Crippen molar-refractivity contribution in [2.24, 2.45) is 11.7 Å². The van der Waals surface area contributed by atoms with Gasteiger partial charge in [-0.05, 0) is 40.8 Å². The summed E-state index contributed by atoms with van der Waals surface area (Å²) in [5.74, 6) is 0.665. The Morgan fingerprint density at radius 2 is 1.89 bits per heavy atom. The van der Waals surface area contributed by atoms with Gasteiger partial charge in [0.25, 0.3) is 0 Å². The maximum absolute atomic E-state index is 10.1. The van der Waals surface area contributed by atoms with E-state index in [-0.39, 0.29) is 24.2 Å². The van der Waals surface area contributed by atoms with Gasteiger partial charge in [0.05, 0.1) is 9.50 Å². The van der Waals surface area contributed by atoms with Crippen molar-refractivity contribution in [1.82, 2.24) is 0 Å². The standard InChI is InChI=1S/C13H17BrClNO.ClH/c14-11-10(15)7-6-9(13(11)17)12(16)8-4-2-1-3-5-8;/h6-8,12,17H,1-5,16H2;1H/t12-;/m0./s1. The van der Waals surface area contributed by atoms with Gasteiger partial charge in [-0.25, -0.2) is 0 Å². The lowest BCUT2D eigenvalue weighted by Gasteiger charge is -2.28. The lowest BCUT2D eigenvalue weighted by molar-refractivity contribution is 0.303. The zero-order chi connectivity index (χ0) is 12.4. The molecule has 0 aliphatic heterocycles. The van der Waals surface area contributed by atoms with Crippen molar-refractivity contribution in [3.63, 3.8) is 0 Å². The number of hydrogen-bond acceptors (Lipinski definition) is 2. The predicted molar refractivity (Wildman–Crippen MR) is 81.6 cm³/mol. The SMILES string of the molecule is Cl.N[C@H](c1ccc(Cl)c(Br)c1O)C1CCCCC1. The molecule has 1 aromatic carbocycles. The second kappa shape index (κ2) is 6.99. The molecule has 3 N–H and O–H groups in total. The molecule has 0 radical (unpaired) electrons. The molecule has 0 heterocycles. The van der Waals surface area contributed by atoms with Crippen molar-refractivity contribution in [2.45, 2.75) is 38.1 Å².